The molecule has 1 aromatic heterocycles. The standard InChI is InChI=1S/C25H33N5O2/c1-7-29(8-2)15-18-9-11-19(12-10-18)30-23(27-28-24(30)25(32)26-6)21-14-20(16(3)4)17(5)13-22(21)31/h9-14,16,31H,7-8,15H2,1-6H3,(H,26,32). The third kappa shape index (κ3) is 4.67. The molecule has 32 heavy (non-hydrogen) atoms. The van der Waals surface area contributed by atoms with Crippen LogP contribution in [-0.2, 0) is 6.54 Å². The number of phenolic OH excluding ortho intramolecular Hbond substituents is 1. The second-order valence-corrected chi connectivity index (χ2v) is 8.27. The number of benzene rings is 2. The van der Waals surface area contributed by atoms with Gasteiger partial charge in [0.15, 0.2) is 5.82 Å². The minimum atomic E-state index is -0.341. The van der Waals surface area contributed by atoms with E-state index in [1.165, 1.54) is 5.56 Å². The summed E-state index contributed by atoms with van der Waals surface area (Å²) in [4.78, 5) is 14.9. The highest BCUT2D eigenvalue weighted by atomic mass is 16.3. The number of hydrogen-bond donors (Lipinski definition) is 2. The van der Waals surface area contributed by atoms with Crippen LogP contribution in [0.5, 0.6) is 5.75 Å². The maximum atomic E-state index is 12.6. The predicted molar refractivity (Wildman–Crippen MR) is 127 cm³/mol. The maximum Gasteiger partial charge on any atom is 0.289 e. The Morgan fingerprint density at radius 1 is 1.12 bits per heavy atom. The van der Waals surface area contributed by atoms with Crippen LogP contribution in [-0.4, -0.2) is 50.8 Å². The SMILES string of the molecule is CCN(CC)Cc1ccc(-n2c(C(=O)NC)nnc2-c2cc(C(C)C)c(C)cc2O)cc1. The van der Waals surface area contributed by atoms with E-state index in [1.54, 1.807) is 17.7 Å². The molecule has 0 aliphatic rings. The molecule has 1 amide bonds. The number of nitrogens with one attached hydrogen (secondary N) is 1. The number of rotatable bonds is 8. The first kappa shape index (κ1) is 23.5. The highest BCUT2D eigenvalue weighted by molar-refractivity contribution is 5.92. The molecular formula is C25H33N5O2. The number of amides is 1. The molecule has 0 bridgehead atoms. The Bertz CT molecular complexity index is 1080. The Morgan fingerprint density at radius 3 is 2.34 bits per heavy atom. The fourth-order valence-electron chi connectivity index (χ4n) is 3.93. The minimum absolute atomic E-state index is 0.113. The van der Waals surface area contributed by atoms with Crippen molar-refractivity contribution in [3.05, 3.63) is 58.9 Å². The quantitative estimate of drug-likeness (QED) is 0.552. The fraction of sp³-hybridized carbons (Fsp3) is 0.400. The van der Waals surface area contributed by atoms with Gasteiger partial charge in [0.1, 0.15) is 5.75 Å². The summed E-state index contributed by atoms with van der Waals surface area (Å²) < 4.78 is 1.70. The highest BCUT2D eigenvalue weighted by Crippen LogP contribution is 2.35. The lowest BCUT2D eigenvalue weighted by Gasteiger charge is -2.18. The van der Waals surface area contributed by atoms with Gasteiger partial charge in [-0.3, -0.25) is 14.3 Å². The van der Waals surface area contributed by atoms with E-state index in [4.69, 9.17) is 0 Å². The minimum Gasteiger partial charge on any atom is -0.507 e. The normalized spacial score (nSPS) is 11.4. The second-order valence-electron chi connectivity index (χ2n) is 8.27. The van der Waals surface area contributed by atoms with Gasteiger partial charge in [-0.15, -0.1) is 10.2 Å². The summed E-state index contributed by atoms with van der Waals surface area (Å²) >= 11 is 0. The average Bonchev–Trinajstić information content (AvgIpc) is 3.22. The van der Waals surface area contributed by atoms with E-state index >= 15 is 0 Å². The predicted octanol–water partition coefficient (Wildman–Crippen LogP) is 4.27. The number of carbonyl (C=O) groups is 1. The van der Waals surface area contributed by atoms with Crippen LogP contribution in [0.2, 0.25) is 0 Å². The summed E-state index contributed by atoms with van der Waals surface area (Å²) in [5.74, 6) is 0.655. The molecule has 7 nitrogen and oxygen atoms in total. The number of aryl methyl sites for hydroxylation is 1. The molecular weight excluding hydrogens is 402 g/mol. The van der Waals surface area contributed by atoms with Gasteiger partial charge in [-0.25, -0.2) is 0 Å². The van der Waals surface area contributed by atoms with Gasteiger partial charge >= 0.3 is 0 Å². The lowest BCUT2D eigenvalue weighted by molar-refractivity contribution is 0.0951. The number of nitrogens with zero attached hydrogens (tertiary/aromatic N) is 4. The van der Waals surface area contributed by atoms with Gasteiger partial charge in [-0.05, 0) is 66.9 Å². The van der Waals surface area contributed by atoms with E-state index in [-0.39, 0.29) is 23.4 Å². The van der Waals surface area contributed by atoms with Crippen molar-refractivity contribution in [2.45, 2.75) is 47.1 Å². The van der Waals surface area contributed by atoms with Crippen molar-refractivity contribution in [1.29, 1.82) is 0 Å². The molecule has 7 heteroatoms. The van der Waals surface area contributed by atoms with Gasteiger partial charge in [0.2, 0.25) is 5.82 Å². The summed E-state index contributed by atoms with van der Waals surface area (Å²) in [7, 11) is 1.56. The summed E-state index contributed by atoms with van der Waals surface area (Å²) in [6.45, 7) is 13.3. The molecule has 2 N–H and O–H groups in total. The Morgan fingerprint density at radius 2 is 1.78 bits per heavy atom. The Labute approximate surface area is 190 Å². The van der Waals surface area contributed by atoms with E-state index in [9.17, 15) is 9.90 Å². The van der Waals surface area contributed by atoms with Crippen molar-refractivity contribution in [3.63, 3.8) is 0 Å². The Balaban J connectivity index is 2.13. The van der Waals surface area contributed by atoms with Gasteiger partial charge in [0.05, 0.1) is 5.56 Å². The number of hydrogen-bond acceptors (Lipinski definition) is 5. The highest BCUT2D eigenvalue weighted by Gasteiger charge is 2.23. The van der Waals surface area contributed by atoms with Crippen LogP contribution in [0.15, 0.2) is 36.4 Å². The van der Waals surface area contributed by atoms with Gasteiger partial charge in [0, 0.05) is 19.3 Å². The van der Waals surface area contributed by atoms with Crippen LogP contribution in [0.1, 0.15) is 60.9 Å². The monoisotopic (exact) mass is 435 g/mol. The third-order valence-corrected chi connectivity index (χ3v) is 5.84. The molecule has 0 radical (unpaired) electrons. The summed E-state index contributed by atoms with van der Waals surface area (Å²) in [6.07, 6.45) is 0. The number of carbonyl (C=O) groups excluding carboxylic acids is 1. The van der Waals surface area contributed by atoms with Crippen molar-refractivity contribution in [1.82, 2.24) is 25.0 Å². The van der Waals surface area contributed by atoms with Gasteiger partial charge in [-0.2, -0.15) is 0 Å². The topological polar surface area (TPSA) is 83.3 Å². The van der Waals surface area contributed by atoms with Gasteiger partial charge < -0.3 is 10.4 Å². The molecule has 0 aliphatic carbocycles. The lowest BCUT2D eigenvalue weighted by Crippen LogP contribution is -2.23. The Kier molecular flexibility index (Phi) is 7.30. The first-order chi connectivity index (χ1) is 15.3. The molecule has 0 atom stereocenters. The zero-order chi connectivity index (χ0) is 23.4. The molecule has 3 aromatic rings. The van der Waals surface area contributed by atoms with Crippen LogP contribution in [0.25, 0.3) is 17.1 Å². The molecule has 1 heterocycles. The number of aromatic nitrogens is 3. The van der Waals surface area contributed by atoms with Crippen LogP contribution < -0.4 is 5.32 Å². The molecule has 2 aromatic carbocycles. The van der Waals surface area contributed by atoms with Crippen molar-refractivity contribution in [2.75, 3.05) is 20.1 Å². The zero-order valence-electron chi connectivity index (χ0n) is 19.8. The number of phenols is 1. The van der Waals surface area contributed by atoms with Crippen molar-refractivity contribution in [2.24, 2.45) is 0 Å². The first-order valence-electron chi connectivity index (χ1n) is 11.1. The van der Waals surface area contributed by atoms with E-state index in [0.29, 0.717) is 11.4 Å². The number of aromatic hydroxyl groups is 1. The van der Waals surface area contributed by atoms with E-state index in [1.807, 2.05) is 25.1 Å². The lowest BCUT2D eigenvalue weighted by atomic mass is 9.95. The Hall–Kier alpha value is -3.19. The molecule has 0 fully saturated rings. The average molecular weight is 436 g/mol. The maximum absolute atomic E-state index is 12.6. The molecule has 0 spiro atoms. The van der Waals surface area contributed by atoms with Crippen LogP contribution in [0.3, 0.4) is 0 Å². The second kappa shape index (κ2) is 9.96. The molecule has 170 valence electrons. The van der Waals surface area contributed by atoms with Gasteiger partial charge in [0.25, 0.3) is 5.91 Å². The molecule has 3 rings (SSSR count). The van der Waals surface area contributed by atoms with Crippen LogP contribution in [0, 0.1) is 6.92 Å². The van der Waals surface area contributed by atoms with Crippen molar-refractivity contribution < 1.29 is 9.90 Å². The van der Waals surface area contributed by atoms with Crippen molar-refractivity contribution in [3.8, 4) is 22.8 Å². The van der Waals surface area contributed by atoms with Crippen molar-refractivity contribution >= 4 is 5.91 Å². The molecule has 0 unspecified atom stereocenters. The van der Waals surface area contributed by atoms with Gasteiger partial charge in [-0.1, -0.05) is 39.8 Å². The molecule has 0 saturated heterocycles. The van der Waals surface area contributed by atoms with Crippen LogP contribution >= 0.6 is 0 Å². The van der Waals surface area contributed by atoms with E-state index < -0.39 is 0 Å². The fourth-order valence-corrected chi connectivity index (χ4v) is 3.93. The summed E-state index contributed by atoms with van der Waals surface area (Å²) in [5.41, 5.74) is 4.63. The largest absolute Gasteiger partial charge is 0.507 e. The smallest absolute Gasteiger partial charge is 0.289 e. The van der Waals surface area contributed by atoms with E-state index in [0.717, 1.165) is 36.4 Å². The third-order valence-electron chi connectivity index (χ3n) is 5.84. The summed E-state index contributed by atoms with van der Waals surface area (Å²) in [5, 5.41) is 21.8. The zero-order valence-corrected chi connectivity index (χ0v) is 19.8. The van der Waals surface area contributed by atoms with E-state index in [2.05, 4.69) is 60.2 Å². The summed E-state index contributed by atoms with van der Waals surface area (Å²) in [6, 6.07) is 11.7. The van der Waals surface area contributed by atoms with Crippen LogP contribution in [0.4, 0.5) is 0 Å². The molecule has 0 aliphatic heterocycles. The molecule has 0 saturated carbocycles. The first-order valence-corrected chi connectivity index (χ1v) is 11.1.